The van der Waals surface area contributed by atoms with E-state index in [-0.39, 0.29) is 6.61 Å². The largest absolute Gasteiger partial charge is 0.394 e. The first kappa shape index (κ1) is 10.4. The molecule has 0 radical (unpaired) electrons. The number of nitrogens with zero attached hydrogens (tertiary/aromatic N) is 1. The van der Waals surface area contributed by atoms with Crippen molar-refractivity contribution >= 4 is 21.7 Å². The maximum Gasteiger partial charge on any atom is 0.128 e. The number of anilines is 1. The minimum Gasteiger partial charge on any atom is -0.394 e. The van der Waals surface area contributed by atoms with E-state index in [0.717, 1.165) is 10.2 Å². The molecule has 4 nitrogen and oxygen atoms in total. The van der Waals surface area contributed by atoms with Gasteiger partial charge in [0.15, 0.2) is 0 Å². The van der Waals surface area contributed by atoms with Crippen molar-refractivity contribution < 1.29 is 5.11 Å². The second kappa shape index (κ2) is 4.04. The second-order valence-electron chi connectivity index (χ2n) is 2.82. The van der Waals surface area contributed by atoms with Gasteiger partial charge in [0.05, 0.1) is 18.3 Å². The number of nitrogens with two attached hydrogens (primary N) is 2. The van der Waals surface area contributed by atoms with Gasteiger partial charge in [-0.15, -0.1) is 0 Å². The van der Waals surface area contributed by atoms with Crippen molar-refractivity contribution in [2.45, 2.75) is 13.0 Å². The zero-order valence-corrected chi connectivity index (χ0v) is 8.87. The van der Waals surface area contributed by atoms with Crippen LogP contribution in [0.4, 0.5) is 5.82 Å². The quantitative estimate of drug-likeness (QED) is 0.718. The summed E-state index contributed by atoms with van der Waals surface area (Å²) < 4.78 is 0.848. The van der Waals surface area contributed by atoms with Gasteiger partial charge >= 0.3 is 0 Å². The van der Waals surface area contributed by atoms with E-state index in [1.807, 2.05) is 6.92 Å². The van der Waals surface area contributed by atoms with Crippen LogP contribution in [0.25, 0.3) is 0 Å². The first-order chi connectivity index (χ1) is 6.06. The lowest BCUT2D eigenvalue weighted by Crippen LogP contribution is -2.17. The molecular formula is C8H12BrN3O. The van der Waals surface area contributed by atoms with Gasteiger partial charge < -0.3 is 16.6 Å². The van der Waals surface area contributed by atoms with Gasteiger partial charge in [-0.2, -0.15) is 0 Å². The van der Waals surface area contributed by atoms with Crippen LogP contribution in [0.1, 0.15) is 17.3 Å². The summed E-state index contributed by atoms with van der Waals surface area (Å²) in [5.74, 6) is 0.377. The molecule has 0 amide bonds. The predicted octanol–water partition coefficient (Wildman–Crippen LogP) is 0.727. The lowest BCUT2D eigenvalue weighted by molar-refractivity contribution is 0.268. The van der Waals surface area contributed by atoms with Gasteiger partial charge in [-0.3, -0.25) is 0 Å². The Morgan fingerprint density at radius 3 is 2.85 bits per heavy atom. The number of hydrogen-bond donors (Lipinski definition) is 3. The number of rotatable bonds is 2. The lowest BCUT2D eigenvalue weighted by Gasteiger charge is -2.12. The molecule has 72 valence electrons. The van der Waals surface area contributed by atoms with Gasteiger partial charge in [-0.1, -0.05) is 0 Å². The normalized spacial score (nSPS) is 12.9. The molecule has 13 heavy (non-hydrogen) atoms. The predicted molar refractivity (Wildman–Crippen MR) is 55.1 cm³/mol. The Morgan fingerprint density at radius 1 is 1.69 bits per heavy atom. The maximum absolute atomic E-state index is 8.85. The molecule has 1 aromatic rings. The van der Waals surface area contributed by atoms with Crippen LogP contribution < -0.4 is 11.5 Å². The Kier molecular flexibility index (Phi) is 3.24. The van der Waals surface area contributed by atoms with Gasteiger partial charge in [-0.05, 0) is 28.9 Å². The first-order valence-corrected chi connectivity index (χ1v) is 4.64. The molecular weight excluding hydrogens is 234 g/mol. The van der Waals surface area contributed by atoms with E-state index in [1.54, 1.807) is 6.07 Å². The number of pyridine rings is 1. The van der Waals surface area contributed by atoms with E-state index in [1.165, 1.54) is 0 Å². The Balaban J connectivity index is 3.15. The third kappa shape index (κ3) is 2.18. The fourth-order valence-electron chi connectivity index (χ4n) is 1.01. The smallest absolute Gasteiger partial charge is 0.128 e. The number of aliphatic hydroxyl groups excluding tert-OH is 1. The van der Waals surface area contributed by atoms with Crippen LogP contribution in [-0.4, -0.2) is 16.7 Å². The second-order valence-corrected chi connectivity index (χ2v) is 3.67. The van der Waals surface area contributed by atoms with Crippen LogP contribution in [0.5, 0.6) is 0 Å². The van der Waals surface area contributed by atoms with E-state index in [4.69, 9.17) is 16.6 Å². The van der Waals surface area contributed by atoms with E-state index in [2.05, 4.69) is 20.9 Å². The van der Waals surface area contributed by atoms with E-state index in [9.17, 15) is 0 Å². The Morgan fingerprint density at radius 2 is 2.31 bits per heavy atom. The molecule has 0 fully saturated rings. The van der Waals surface area contributed by atoms with Crippen LogP contribution in [0, 0.1) is 6.92 Å². The summed E-state index contributed by atoms with van der Waals surface area (Å²) in [6.45, 7) is 1.70. The molecule has 1 atom stereocenters. The minimum absolute atomic E-state index is 0.138. The topological polar surface area (TPSA) is 85.2 Å². The minimum atomic E-state index is -0.468. The van der Waals surface area contributed by atoms with Crippen LogP contribution in [0.3, 0.4) is 0 Å². The van der Waals surface area contributed by atoms with Gasteiger partial charge in [0, 0.05) is 10.0 Å². The molecule has 0 spiro atoms. The molecule has 0 aliphatic rings. The average molecular weight is 246 g/mol. The van der Waals surface area contributed by atoms with Crippen molar-refractivity contribution in [2.24, 2.45) is 5.73 Å². The molecule has 5 heteroatoms. The van der Waals surface area contributed by atoms with Gasteiger partial charge in [-0.25, -0.2) is 4.98 Å². The number of aromatic nitrogens is 1. The number of nitrogen functional groups attached to an aromatic ring is 1. The SMILES string of the molecule is Cc1nc(N)c([C@H](N)CO)cc1Br. The summed E-state index contributed by atoms with van der Waals surface area (Å²) in [6, 6.07) is 1.32. The third-order valence-electron chi connectivity index (χ3n) is 1.81. The number of aryl methyl sites for hydroxylation is 1. The summed E-state index contributed by atoms with van der Waals surface area (Å²) in [5, 5.41) is 8.85. The van der Waals surface area contributed by atoms with Crippen molar-refractivity contribution in [3.63, 3.8) is 0 Å². The molecule has 5 N–H and O–H groups in total. The van der Waals surface area contributed by atoms with Gasteiger partial charge in [0.2, 0.25) is 0 Å². The third-order valence-corrected chi connectivity index (χ3v) is 2.61. The Bertz CT molecular complexity index is 317. The molecule has 0 aliphatic carbocycles. The van der Waals surface area contributed by atoms with Crippen molar-refractivity contribution in [3.05, 3.63) is 21.8 Å². The number of hydrogen-bond acceptors (Lipinski definition) is 4. The van der Waals surface area contributed by atoms with Crippen molar-refractivity contribution in [1.29, 1.82) is 0 Å². The number of aliphatic hydroxyl groups is 1. The summed E-state index contributed by atoms with van der Waals surface area (Å²) in [7, 11) is 0. The first-order valence-electron chi connectivity index (χ1n) is 3.85. The average Bonchev–Trinajstić information content (AvgIpc) is 2.10. The van der Waals surface area contributed by atoms with Crippen LogP contribution in [0.15, 0.2) is 10.5 Å². The van der Waals surface area contributed by atoms with E-state index in [0.29, 0.717) is 11.4 Å². The van der Waals surface area contributed by atoms with Gasteiger partial charge in [0.1, 0.15) is 5.82 Å². The molecule has 0 bridgehead atoms. The molecule has 1 aromatic heterocycles. The van der Waals surface area contributed by atoms with E-state index < -0.39 is 6.04 Å². The summed E-state index contributed by atoms with van der Waals surface area (Å²) in [4.78, 5) is 4.08. The van der Waals surface area contributed by atoms with Gasteiger partial charge in [0.25, 0.3) is 0 Å². The molecule has 0 saturated heterocycles. The number of halogens is 1. The summed E-state index contributed by atoms with van der Waals surface area (Å²) >= 11 is 3.32. The fourth-order valence-corrected chi connectivity index (χ4v) is 1.34. The standard InChI is InChI=1S/C8H12BrN3O/c1-4-6(9)2-5(7(10)3-13)8(11)12-4/h2,7,13H,3,10H2,1H3,(H2,11,12)/t7-/m1/s1. The highest BCUT2D eigenvalue weighted by atomic mass is 79.9. The highest BCUT2D eigenvalue weighted by Gasteiger charge is 2.11. The van der Waals surface area contributed by atoms with Crippen LogP contribution in [-0.2, 0) is 0 Å². The Hall–Kier alpha value is -0.650. The van der Waals surface area contributed by atoms with Crippen molar-refractivity contribution in [1.82, 2.24) is 4.98 Å². The van der Waals surface area contributed by atoms with Crippen molar-refractivity contribution in [2.75, 3.05) is 12.3 Å². The van der Waals surface area contributed by atoms with Crippen LogP contribution >= 0.6 is 15.9 Å². The summed E-state index contributed by atoms with van der Waals surface area (Å²) in [5.41, 5.74) is 12.7. The highest BCUT2D eigenvalue weighted by molar-refractivity contribution is 9.10. The molecule has 1 rings (SSSR count). The van der Waals surface area contributed by atoms with Crippen molar-refractivity contribution in [3.8, 4) is 0 Å². The highest BCUT2D eigenvalue weighted by Crippen LogP contribution is 2.23. The molecule has 1 heterocycles. The van der Waals surface area contributed by atoms with Crippen LogP contribution in [0.2, 0.25) is 0 Å². The Labute approximate surface area is 85.1 Å². The monoisotopic (exact) mass is 245 g/mol. The zero-order valence-electron chi connectivity index (χ0n) is 7.29. The fraction of sp³-hybridized carbons (Fsp3) is 0.375. The maximum atomic E-state index is 8.85. The lowest BCUT2D eigenvalue weighted by atomic mass is 10.1. The molecule has 0 unspecified atom stereocenters. The van der Waals surface area contributed by atoms with E-state index >= 15 is 0 Å². The zero-order chi connectivity index (χ0) is 10.0. The molecule has 0 aromatic carbocycles. The molecule has 0 aliphatic heterocycles. The summed E-state index contributed by atoms with van der Waals surface area (Å²) in [6.07, 6.45) is 0. The molecule has 0 saturated carbocycles.